The monoisotopic (exact) mass is 701 g/mol. The summed E-state index contributed by atoms with van der Waals surface area (Å²) in [6.07, 6.45) is -11.0. The number of hydrogen-bond acceptors (Lipinski definition) is 10. The summed E-state index contributed by atoms with van der Waals surface area (Å²) < 4.78 is 110. The third kappa shape index (κ3) is 8.91. The van der Waals surface area contributed by atoms with Crippen LogP contribution in [0, 0.1) is 11.8 Å². The first-order valence-corrected chi connectivity index (χ1v) is 16.6. The molecule has 0 spiro atoms. The number of ether oxygens (including phenoxy) is 3. The normalized spacial score (nSPS) is 24.1. The first-order valence-electron chi connectivity index (χ1n) is 14.8. The number of hydrogen-bond donors (Lipinski definition) is 3. The Labute approximate surface area is 266 Å². The maximum atomic E-state index is 14.4. The van der Waals surface area contributed by atoms with E-state index in [1.807, 2.05) is 0 Å². The van der Waals surface area contributed by atoms with E-state index in [4.69, 9.17) is 19.9 Å². The molecule has 4 rings (SSSR count). The van der Waals surface area contributed by atoms with Crippen molar-refractivity contribution in [1.29, 1.82) is 0 Å². The molecule has 1 atom stereocenters. The highest BCUT2D eigenvalue weighted by atomic mass is 31.2. The zero-order valence-electron chi connectivity index (χ0n) is 26.3. The van der Waals surface area contributed by atoms with Gasteiger partial charge < -0.3 is 24.5 Å². The third-order valence-electron chi connectivity index (χ3n) is 8.03. The van der Waals surface area contributed by atoms with Crippen molar-refractivity contribution in [2.24, 2.45) is 11.8 Å². The largest absolute Gasteiger partial charge is 0.461 e. The van der Waals surface area contributed by atoms with Gasteiger partial charge in [-0.05, 0) is 60.3 Å². The molecule has 264 valence electrons. The number of aromatic nitrogens is 4. The van der Waals surface area contributed by atoms with Gasteiger partial charge in [-0.25, -0.2) is 25.1 Å². The van der Waals surface area contributed by atoms with Gasteiger partial charge in [0.25, 0.3) is 0 Å². The number of rotatable bonds is 13. The van der Waals surface area contributed by atoms with E-state index in [2.05, 4.69) is 25.1 Å². The molecule has 2 aromatic heterocycles. The molecule has 0 bridgehead atoms. The number of nitrogens with one attached hydrogen (secondary N) is 2. The standard InChI is InChI=1S/C27H38F6N7O6P/c1-14(10-40-12-37-19-20(34)35-11-36-21(19)40)44-13-47(43,38-24(2,3)22(41)45-17-6-15(7-17)26(28,29)30)39-25(4,5)23(42)46-18-8-16(9-18)27(31,32)33/h11-12,14-18H,6-10,13H2,1-5H3,(H2,34,35,36)(H2,38,39,43)/t14-,15?,16?,17?,18?,47?/m1/s1. The molecule has 0 amide bonds. The summed E-state index contributed by atoms with van der Waals surface area (Å²) in [6, 6.07) is 0. The van der Waals surface area contributed by atoms with E-state index in [1.54, 1.807) is 11.5 Å². The van der Waals surface area contributed by atoms with Crippen molar-refractivity contribution in [1.82, 2.24) is 29.7 Å². The van der Waals surface area contributed by atoms with Crippen molar-refractivity contribution in [2.75, 3.05) is 12.1 Å². The summed E-state index contributed by atoms with van der Waals surface area (Å²) in [6.45, 7) is 6.98. The Balaban J connectivity index is 1.45. The summed E-state index contributed by atoms with van der Waals surface area (Å²) in [5.74, 6) is -5.01. The van der Waals surface area contributed by atoms with Crippen molar-refractivity contribution in [3.05, 3.63) is 12.7 Å². The van der Waals surface area contributed by atoms with Gasteiger partial charge in [0.15, 0.2) is 11.5 Å². The van der Waals surface area contributed by atoms with Gasteiger partial charge in [-0.15, -0.1) is 0 Å². The van der Waals surface area contributed by atoms with Crippen LogP contribution in [-0.4, -0.2) is 79.5 Å². The summed E-state index contributed by atoms with van der Waals surface area (Å²) >= 11 is 0. The van der Waals surface area contributed by atoms with Crippen molar-refractivity contribution in [2.45, 2.75) is 109 Å². The van der Waals surface area contributed by atoms with Crippen LogP contribution in [0.4, 0.5) is 32.2 Å². The molecular formula is C27H38F6N7O6P. The van der Waals surface area contributed by atoms with Crippen molar-refractivity contribution in [3.8, 4) is 0 Å². The van der Waals surface area contributed by atoms with E-state index in [-0.39, 0.29) is 12.4 Å². The zero-order chi connectivity index (χ0) is 35.2. The van der Waals surface area contributed by atoms with Crippen LogP contribution in [0.1, 0.15) is 60.3 Å². The minimum atomic E-state index is -4.42. The number of alkyl halides is 6. The fourth-order valence-corrected chi connectivity index (χ4v) is 7.77. The Bertz CT molecular complexity index is 1440. The number of carbonyl (C=O) groups is 2. The van der Waals surface area contributed by atoms with Crippen LogP contribution in [-0.2, 0) is 34.9 Å². The highest BCUT2D eigenvalue weighted by Gasteiger charge is 2.52. The molecule has 2 aliphatic rings. The zero-order valence-corrected chi connectivity index (χ0v) is 27.2. The molecule has 0 radical (unpaired) electrons. The van der Waals surface area contributed by atoms with Gasteiger partial charge in [0, 0.05) is 0 Å². The Hall–Kier alpha value is -3.02. The minimum absolute atomic E-state index is 0.147. The van der Waals surface area contributed by atoms with E-state index in [0.717, 1.165) is 0 Å². The predicted octanol–water partition coefficient (Wildman–Crippen LogP) is 4.47. The van der Waals surface area contributed by atoms with E-state index < -0.39 is 105 Å². The first kappa shape index (κ1) is 36.8. The van der Waals surface area contributed by atoms with Crippen LogP contribution < -0.4 is 15.9 Å². The Kier molecular flexibility index (Phi) is 10.3. The second-order valence-corrected chi connectivity index (χ2v) is 15.3. The Morgan fingerprint density at radius 3 is 1.83 bits per heavy atom. The van der Waals surface area contributed by atoms with Crippen molar-refractivity contribution in [3.63, 3.8) is 0 Å². The highest BCUT2D eigenvalue weighted by molar-refractivity contribution is 7.59. The van der Waals surface area contributed by atoms with Crippen LogP contribution in [0.15, 0.2) is 12.7 Å². The van der Waals surface area contributed by atoms with Gasteiger partial charge in [-0.2, -0.15) is 26.3 Å². The number of nitrogen functional groups attached to an aromatic ring is 1. The molecule has 0 aliphatic heterocycles. The fourth-order valence-electron chi connectivity index (χ4n) is 5.14. The number of carbonyl (C=O) groups excluding carboxylic acids is 2. The maximum absolute atomic E-state index is 14.4. The average molecular weight is 702 g/mol. The molecule has 20 heteroatoms. The second kappa shape index (κ2) is 13.1. The lowest BCUT2D eigenvalue weighted by molar-refractivity contribution is -0.221. The summed E-state index contributed by atoms with van der Waals surface area (Å²) in [5, 5.41) is 5.29. The summed E-state index contributed by atoms with van der Waals surface area (Å²) in [5.41, 5.74) is 3.07. The average Bonchev–Trinajstić information content (AvgIpc) is 3.28. The first-order chi connectivity index (χ1) is 21.5. The van der Waals surface area contributed by atoms with Gasteiger partial charge >= 0.3 is 24.3 Å². The molecule has 47 heavy (non-hydrogen) atoms. The second-order valence-electron chi connectivity index (χ2n) is 13.1. The number of fused-ring (bicyclic) bond motifs is 1. The van der Waals surface area contributed by atoms with Crippen LogP contribution >= 0.6 is 7.44 Å². The lowest BCUT2D eigenvalue weighted by Gasteiger charge is -2.40. The molecular weight excluding hydrogens is 663 g/mol. The van der Waals surface area contributed by atoms with Crippen LogP contribution in [0.2, 0.25) is 0 Å². The fraction of sp³-hybridized carbons (Fsp3) is 0.741. The molecule has 4 N–H and O–H groups in total. The molecule has 2 heterocycles. The molecule has 2 fully saturated rings. The number of nitrogens with zero attached hydrogens (tertiary/aromatic N) is 4. The van der Waals surface area contributed by atoms with Crippen LogP contribution in [0.25, 0.3) is 11.2 Å². The topological polar surface area (TPSA) is 173 Å². The number of halogens is 6. The number of esters is 2. The van der Waals surface area contributed by atoms with E-state index in [1.165, 1.54) is 40.3 Å². The smallest absolute Gasteiger partial charge is 0.392 e. The Morgan fingerprint density at radius 2 is 1.38 bits per heavy atom. The quantitative estimate of drug-likeness (QED) is 0.152. The van der Waals surface area contributed by atoms with E-state index in [9.17, 15) is 40.5 Å². The van der Waals surface area contributed by atoms with E-state index in [0.29, 0.717) is 11.2 Å². The molecule has 2 aromatic rings. The molecule has 0 unspecified atom stereocenters. The summed E-state index contributed by atoms with van der Waals surface area (Å²) in [7, 11) is -4.17. The predicted molar refractivity (Wildman–Crippen MR) is 155 cm³/mol. The third-order valence-corrected chi connectivity index (χ3v) is 10.4. The number of anilines is 1. The van der Waals surface area contributed by atoms with Crippen LogP contribution in [0.3, 0.4) is 0 Å². The molecule has 13 nitrogen and oxygen atoms in total. The lowest BCUT2D eigenvalue weighted by Crippen LogP contribution is -2.55. The van der Waals surface area contributed by atoms with Gasteiger partial charge in [0.2, 0.25) is 7.44 Å². The van der Waals surface area contributed by atoms with Gasteiger partial charge in [0.1, 0.15) is 41.5 Å². The minimum Gasteiger partial charge on any atom is -0.461 e. The lowest BCUT2D eigenvalue weighted by atomic mass is 9.81. The molecule has 2 aliphatic carbocycles. The molecule has 0 aromatic carbocycles. The van der Waals surface area contributed by atoms with Gasteiger partial charge in [-0.3, -0.25) is 14.2 Å². The number of imidazole rings is 1. The van der Waals surface area contributed by atoms with Crippen molar-refractivity contribution >= 4 is 36.4 Å². The van der Waals surface area contributed by atoms with Crippen molar-refractivity contribution < 1.29 is 54.7 Å². The molecule has 0 saturated heterocycles. The van der Waals surface area contributed by atoms with E-state index >= 15 is 0 Å². The summed E-state index contributed by atoms with van der Waals surface area (Å²) in [4.78, 5) is 38.3. The van der Waals surface area contributed by atoms with Crippen LogP contribution in [0.5, 0.6) is 0 Å². The highest BCUT2D eigenvalue weighted by Crippen LogP contribution is 2.46. The van der Waals surface area contributed by atoms with Gasteiger partial charge in [0.05, 0.1) is 30.8 Å². The SMILES string of the molecule is C[C@H](Cn1cnc2c(N)ncnc21)OCP(=O)(NC(C)(C)C(=O)OC1CC(C(F)(F)F)C1)NC(C)(C)C(=O)OC1CC(C(F)(F)F)C1. The molecule has 2 saturated carbocycles. The number of nitrogens with two attached hydrogens (primary N) is 1. The Morgan fingerprint density at radius 1 is 0.915 bits per heavy atom. The maximum Gasteiger partial charge on any atom is 0.392 e. The van der Waals surface area contributed by atoms with Gasteiger partial charge in [-0.1, -0.05) is 0 Å².